The second-order valence-corrected chi connectivity index (χ2v) is 10.3. The Labute approximate surface area is 208 Å². The van der Waals surface area contributed by atoms with Crippen LogP contribution in [0.3, 0.4) is 0 Å². The molecule has 200 valence electrons. The highest BCUT2D eigenvalue weighted by atomic mass is 16.7. The number of nitrogens with one attached hydrogen (secondary N) is 6. The van der Waals surface area contributed by atoms with E-state index in [0.29, 0.717) is 31.2 Å². The zero-order chi connectivity index (χ0) is 24.6. The van der Waals surface area contributed by atoms with Crippen molar-refractivity contribution in [3.05, 3.63) is 0 Å². The van der Waals surface area contributed by atoms with E-state index in [1.165, 1.54) is 6.42 Å². The number of hydroxylamine groups is 1. The van der Waals surface area contributed by atoms with Crippen molar-refractivity contribution in [2.45, 2.75) is 95.0 Å². The lowest BCUT2D eigenvalue weighted by atomic mass is 9.76. The lowest BCUT2D eigenvalue weighted by Gasteiger charge is -2.41. The molecular formula is C24H44N6O5. The van der Waals surface area contributed by atoms with Crippen molar-refractivity contribution in [2.24, 2.45) is 17.8 Å². The van der Waals surface area contributed by atoms with Crippen LogP contribution in [0.15, 0.2) is 0 Å². The van der Waals surface area contributed by atoms with Crippen LogP contribution < -0.4 is 32.3 Å². The van der Waals surface area contributed by atoms with Gasteiger partial charge in [-0.05, 0) is 45.1 Å². The third-order valence-corrected chi connectivity index (χ3v) is 8.17. The Kier molecular flexibility index (Phi) is 10.1. The molecule has 0 aromatic heterocycles. The molecule has 4 fully saturated rings. The van der Waals surface area contributed by atoms with Gasteiger partial charge in [0.25, 0.3) is 0 Å². The van der Waals surface area contributed by atoms with Crippen LogP contribution in [0.1, 0.15) is 64.2 Å². The summed E-state index contributed by atoms with van der Waals surface area (Å²) in [5.41, 5.74) is 9.04. The lowest BCUT2D eigenvalue weighted by molar-refractivity contribution is -0.134. The summed E-state index contributed by atoms with van der Waals surface area (Å²) in [4.78, 5) is 30.1. The molecule has 2 amide bonds. The van der Waals surface area contributed by atoms with Gasteiger partial charge in [0, 0.05) is 51.4 Å². The molecule has 11 heteroatoms. The average molecular weight is 497 g/mol. The molecule has 2 saturated carbocycles. The molecule has 8 atom stereocenters. The van der Waals surface area contributed by atoms with E-state index >= 15 is 0 Å². The average Bonchev–Trinajstić information content (AvgIpc) is 3.37. The fourth-order valence-electron chi connectivity index (χ4n) is 6.12. The Morgan fingerprint density at radius 2 is 1.94 bits per heavy atom. The first-order chi connectivity index (χ1) is 17.1. The van der Waals surface area contributed by atoms with E-state index in [1.54, 1.807) is 14.2 Å². The molecule has 2 saturated heterocycles. The van der Waals surface area contributed by atoms with E-state index in [0.717, 1.165) is 51.5 Å². The molecule has 4 rings (SSSR count). The SMILES string of the molecule is COC1CCC(C2NOC(CCC(=O)NCCCNC3NNC(=O)C4CCCCC34)N2)C(OC)C1. The predicted molar refractivity (Wildman–Crippen MR) is 129 cm³/mol. The maximum atomic E-state index is 12.3. The van der Waals surface area contributed by atoms with Gasteiger partial charge in [-0.1, -0.05) is 12.8 Å². The Morgan fingerprint density at radius 3 is 2.77 bits per heavy atom. The summed E-state index contributed by atoms with van der Waals surface area (Å²) in [7, 11) is 3.50. The molecule has 35 heavy (non-hydrogen) atoms. The molecule has 0 bridgehead atoms. The zero-order valence-corrected chi connectivity index (χ0v) is 21.1. The number of fused-ring (bicyclic) bond motifs is 1. The van der Waals surface area contributed by atoms with E-state index in [2.05, 4.69) is 32.3 Å². The normalized spacial score (nSPS) is 37.5. The minimum atomic E-state index is -0.193. The van der Waals surface area contributed by atoms with Crippen LogP contribution in [0.25, 0.3) is 0 Å². The van der Waals surface area contributed by atoms with Gasteiger partial charge in [-0.2, -0.15) is 5.48 Å². The molecule has 2 aliphatic heterocycles. The summed E-state index contributed by atoms with van der Waals surface area (Å²) >= 11 is 0. The monoisotopic (exact) mass is 496 g/mol. The second kappa shape index (κ2) is 13.3. The Balaban J connectivity index is 1.07. The molecular weight excluding hydrogens is 452 g/mol. The van der Waals surface area contributed by atoms with Crippen molar-refractivity contribution in [2.75, 3.05) is 27.3 Å². The lowest BCUT2D eigenvalue weighted by Crippen LogP contribution is -2.64. The molecule has 2 aliphatic carbocycles. The molecule has 6 N–H and O–H groups in total. The summed E-state index contributed by atoms with van der Waals surface area (Å²) in [5.74, 6) is 0.915. The van der Waals surface area contributed by atoms with Gasteiger partial charge in [0.15, 0.2) is 0 Å². The molecule has 0 aromatic rings. The van der Waals surface area contributed by atoms with E-state index in [9.17, 15) is 9.59 Å². The fraction of sp³-hybridized carbons (Fsp3) is 0.917. The minimum absolute atomic E-state index is 0.0128. The number of hydrazine groups is 1. The summed E-state index contributed by atoms with van der Waals surface area (Å²) < 4.78 is 11.2. The van der Waals surface area contributed by atoms with E-state index < -0.39 is 0 Å². The predicted octanol–water partition coefficient (Wildman–Crippen LogP) is 0.236. The molecule has 11 nitrogen and oxygen atoms in total. The number of rotatable bonds is 11. The molecule has 0 aromatic carbocycles. The second-order valence-electron chi connectivity index (χ2n) is 10.3. The van der Waals surface area contributed by atoms with Gasteiger partial charge in [0.05, 0.1) is 24.5 Å². The van der Waals surface area contributed by atoms with Gasteiger partial charge < -0.3 is 20.1 Å². The summed E-state index contributed by atoms with van der Waals surface area (Å²) in [6.07, 6.45) is 9.38. The number of hydrogen-bond donors (Lipinski definition) is 6. The maximum absolute atomic E-state index is 12.3. The van der Waals surface area contributed by atoms with Crippen LogP contribution in [0, 0.1) is 17.8 Å². The van der Waals surface area contributed by atoms with Crippen molar-refractivity contribution in [1.82, 2.24) is 32.3 Å². The minimum Gasteiger partial charge on any atom is -0.381 e. The van der Waals surface area contributed by atoms with Gasteiger partial charge in [-0.3, -0.25) is 25.2 Å². The van der Waals surface area contributed by atoms with Gasteiger partial charge >= 0.3 is 0 Å². The quantitative estimate of drug-likeness (QED) is 0.222. The Morgan fingerprint density at radius 1 is 1.09 bits per heavy atom. The van der Waals surface area contributed by atoms with Crippen molar-refractivity contribution in [3.8, 4) is 0 Å². The third-order valence-electron chi connectivity index (χ3n) is 8.17. The molecule has 2 heterocycles. The third kappa shape index (κ3) is 7.12. The first-order valence-corrected chi connectivity index (χ1v) is 13.4. The van der Waals surface area contributed by atoms with Crippen molar-refractivity contribution < 1.29 is 23.9 Å². The van der Waals surface area contributed by atoms with E-state index in [4.69, 9.17) is 14.3 Å². The first kappa shape index (κ1) is 26.7. The summed E-state index contributed by atoms with van der Waals surface area (Å²) in [5, 5.41) is 9.98. The van der Waals surface area contributed by atoms with Crippen LogP contribution in [0.4, 0.5) is 0 Å². The summed E-state index contributed by atoms with van der Waals surface area (Å²) in [6, 6.07) is 0. The maximum Gasteiger partial charge on any atom is 0.237 e. The first-order valence-electron chi connectivity index (χ1n) is 13.4. The summed E-state index contributed by atoms with van der Waals surface area (Å²) in [6.45, 7) is 1.40. The van der Waals surface area contributed by atoms with Crippen LogP contribution in [-0.4, -0.2) is 69.9 Å². The van der Waals surface area contributed by atoms with Crippen LogP contribution in [0.5, 0.6) is 0 Å². The van der Waals surface area contributed by atoms with Crippen LogP contribution in [0.2, 0.25) is 0 Å². The molecule has 8 unspecified atom stereocenters. The largest absolute Gasteiger partial charge is 0.381 e. The van der Waals surface area contributed by atoms with Gasteiger partial charge in [-0.25, -0.2) is 5.43 Å². The topological polar surface area (TPSA) is 134 Å². The highest BCUT2D eigenvalue weighted by Crippen LogP contribution is 2.33. The van der Waals surface area contributed by atoms with Crippen LogP contribution in [-0.2, 0) is 23.9 Å². The molecule has 0 radical (unpaired) electrons. The van der Waals surface area contributed by atoms with E-state index in [1.807, 2.05) is 0 Å². The standard InChI is InChI=1S/C24H44N6O5/c1-33-15-8-9-18(19(14-15)34-2)23-27-21(35-30-23)11-10-20(31)25-12-5-13-26-22-16-6-3-4-7-17(16)24(32)29-28-22/h15-19,21-23,26-28,30H,3-14H2,1-2H3,(H,25,31)(H,29,32). The van der Waals surface area contributed by atoms with Gasteiger partial charge in [0.1, 0.15) is 6.23 Å². The Bertz CT molecular complexity index is 699. The van der Waals surface area contributed by atoms with E-state index in [-0.39, 0.29) is 48.5 Å². The highest BCUT2D eigenvalue weighted by molar-refractivity contribution is 5.79. The van der Waals surface area contributed by atoms with Gasteiger partial charge in [0.2, 0.25) is 11.8 Å². The number of amides is 2. The van der Waals surface area contributed by atoms with Crippen molar-refractivity contribution >= 4 is 11.8 Å². The number of methoxy groups -OCH3 is 2. The number of hydrogen-bond acceptors (Lipinski definition) is 9. The van der Waals surface area contributed by atoms with Crippen LogP contribution >= 0.6 is 0 Å². The zero-order valence-electron chi connectivity index (χ0n) is 21.1. The van der Waals surface area contributed by atoms with Crippen molar-refractivity contribution in [1.29, 1.82) is 0 Å². The molecule has 0 spiro atoms. The highest BCUT2D eigenvalue weighted by Gasteiger charge is 2.40. The number of carbonyl (C=O) groups is 2. The number of carbonyl (C=O) groups excluding carboxylic acids is 2. The molecule has 4 aliphatic rings. The van der Waals surface area contributed by atoms with Crippen molar-refractivity contribution in [3.63, 3.8) is 0 Å². The van der Waals surface area contributed by atoms with Gasteiger partial charge in [-0.15, -0.1) is 0 Å². The fourth-order valence-corrected chi connectivity index (χ4v) is 6.12. The number of ether oxygens (including phenoxy) is 2. The smallest absolute Gasteiger partial charge is 0.237 e. The Hall–Kier alpha value is -1.34.